The predicted molar refractivity (Wildman–Crippen MR) is 86.4 cm³/mol. The lowest BCUT2D eigenvalue weighted by Crippen LogP contribution is -2.16. The molecule has 25 heavy (non-hydrogen) atoms. The molecule has 2 aromatic rings. The van der Waals surface area contributed by atoms with Crippen LogP contribution in [0.2, 0.25) is 5.02 Å². The molecule has 1 heterocycles. The molecule has 0 fully saturated rings. The van der Waals surface area contributed by atoms with E-state index in [0.717, 1.165) is 18.2 Å². The number of amides is 1. The van der Waals surface area contributed by atoms with Crippen molar-refractivity contribution in [1.29, 1.82) is 0 Å². The summed E-state index contributed by atoms with van der Waals surface area (Å²) in [7, 11) is -3.57. The maximum atomic E-state index is 12.7. The summed E-state index contributed by atoms with van der Waals surface area (Å²) in [6.45, 7) is 1.44. The smallest absolute Gasteiger partial charge is 0.307 e. The second kappa shape index (κ2) is 7.01. The minimum atomic E-state index is -4.66. The number of carbonyl (C=O) groups excluding carboxylic acids is 1. The van der Waals surface area contributed by atoms with Crippen LogP contribution in [0.25, 0.3) is 0 Å². The van der Waals surface area contributed by atoms with Crippen molar-refractivity contribution in [1.82, 2.24) is 4.98 Å². The Balaban J connectivity index is 2.35. The van der Waals surface area contributed by atoms with E-state index in [4.69, 9.17) is 11.6 Å². The average Bonchev–Trinajstić information content (AvgIpc) is 2.54. The standard InChI is InChI=1S/C15H12ClF3N2O3S/c1-2-25(23,24)9-6-7-11(16)10(8-9)14(22)21-13-5-3-4-12(20-13)15(17,18)19/h3-8H,2H2,1H3,(H,20,21,22). The number of rotatable bonds is 4. The third-order valence-corrected chi connectivity index (χ3v) is 5.26. The zero-order valence-electron chi connectivity index (χ0n) is 12.8. The van der Waals surface area contributed by atoms with E-state index in [-0.39, 0.29) is 27.1 Å². The summed E-state index contributed by atoms with van der Waals surface area (Å²) < 4.78 is 61.7. The quantitative estimate of drug-likeness (QED) is 0.858. The Labute approximate surface area is 146 Å². The number of carbonyl (C=O) groups is 1. The number of anilines is 1. The number of nitrogens with one attached hydrogen (secondary N) is 1. The van der Waals surface area contributed by atoms with Gasteiger partial charge in [0.2, 0.25) is 0 Å². The van der Waals surface area contributed by atoms with Crippen molar-refractivity contribution in [2.75, 3.05) is 11.1 Å². The maximum absolute atomic E-state index is 12.7. The van der Waals surface area contributed by atoms with Gasteiger partial charge in [0, 0.05) is 0 Å². The molecule has 2 rings (SSSR count). The first-order chi connectivity index (χ1) is 11.5. The van der Waals surface area contributed by atoms with Gasteiger partial charge in [-0.1, -0.05) is 24.6 Å². The molecule has 1 N–H and O–H groups in total. The van der Waals surface area contributed by atoms with E-state index in [1.165, 1.54) is 25.1 Å². The number of hydrogen-bond acceptors (Lipinski definition) is 4. The third kappa shape index (κ3) is 4.49. The highest BCUT2D eigenvalue weighted by Crippen LogP contribution is 2.28. The van der Waals surface area contributed by atoms with Crippen LogP contribution in [-0.4, -0.2) is 25.1 Å². The fourth-order valence-electron chi connectivity index (χ4n) is 1.88. The Bertz CT molecular complexity index is 914. The van der Waals surface area contributed by atoms with Gasteiger partial charge in [0.05, 0.1) is 21.2 Å². The number of halogens is 4. The van der Waals surface area contributed by atoms with Gasteiger partial charge in [0.1, 0.15) is 11.5 Å². The van der Waals surface area contributed by atoms with Crippen molar-refractivity contribution < 1.29 is 26.4 Å². The number of pyridine rings is 1. The Morgan fingerprint density at radius 2 is 1.92 bits per heavy atom. The number of aromatic nitrogens is 1. The van der Waals surface area contributed by atoms with Gasteiger partial charge in [-0.15, -0.1) is 0 Å². The highest BCUT2D eigenvalue weighted by molar-refractivity contribution is 7.91. The Kier molecular flexibility index (Phi) is 5.38. The molecule has 1 aromatic heterocycles. The Morgan fingerprint density at radius 3 is 2.52 bits per heavy atom. The molecule has 1 amide bonds. The van der Waals surface area contributed by atoms with Crippen LogP contribution in [0.5, 0.6) is 0 Å². The van der Waals surface area contributed by atoms with E-state index in [0.29, 0.717) is 0 Å². The van der Waals surface area contributed by atoms with Crippen molar-refractivity contribution in [2.24, 2.45) is 0 Å². The molecular formula is C15H12ClF3N2O3S. The molecule has 0 aliphatic rings. The molecule has 134 valence electrons. The van der Waals surface area contributed by atoms with Gasteiger partial charge >= 0.3 is 6.18 Å². The van der Waals surface area contributed by atoms with Crippen LogP contribution < -0.4 is 5.32 Å². The highest BCUT2D eigenvalue weighted by atomic mass is 35.5. The summed E-state index contributed by atoms with van der Waals surface area (Å²) in [6, 6.07) is 6.58. The number of sulfone groups is 1. The van der Waals surface area contributed by atoms with Gasteiger partial charge in [-0.25, -0.2) is 13.4 Å². The number of alkyl halides is 3. The third-order valence-electron chi connectivity index (χ3n) is 3.20. The molecule has 0 saturated heterocycles. The summed E-state index contributed by atoms with van der Waals surface area (Å²) in [6.07, 6.45) is -4.66. The number of nitrogens with zero attached hydrogens (tertiary/aromatic N) is 1. The van der Waals surface area contributed by atoms with Crippen LogP contribution in [0, 0.1) is 0 Å². The van der Waals surface area contributed by atoms with Crippen LogP contribution in [0.3, 0.4) is 0 Å². The van der Waals surface area contributed by atoms with Crippen molar-refractivity contribution in [3.05, 3.63) is 52.7 Å². The van der Waals surface area contributed by atoms with Crippen LogP contribution in [0.15, 0.2) is 41.3 Å². The molecule has 1 aromatic carbocycles. The van der Waals surface area contributed by atoms with E-state index in [1.54, 1.807) is 0 Å². The molecule has 10 heteroatoms. The van der Waals surface area contributed by atoms with E-state index in [2.05, 4.69) is 10.3 Å². The molecule has 0 atom stereocenters. The monoisotopic (exact) mass is 392 g/mol. The van der Waals surface area contributed by atoms with Gasteiger partial charge in [-0.05, 0) is 30.3 Å². The van der Waals surface area contributed by atoms with Crippen molar-refractivity contribution >= 4 is 33.2 Å². The molecule has 0 spiro atoms. The minimum Gasteiger partial charge on any atom is -0.307 e. The summed E-state index contributed by atoms with van der Waals surface area (Å²) in [5.74, 6) is -1.38. The van der Waals surface area contributed by atoms with Gasteiger partial charge in [-0.3, -0.25) is 4.79 Å². The molecule has 0 bridgehead atoms. The molecule has 0 aliphatic heterocycles. The molecule has 0 aliphatic carbocycles. The lowest BCUT2D eigenvalue weighted by atomic mass is 10.2. The molecule has 0 unspecified atom stereocenters. The highest BCUT2D eigenvalue weighted by Gasteiger charge is 2.32. The number of hydrogen-bond donors (Lipinski definition) is 1. The lowest BCUT2D eigenvalue weighted by molar-refractivity contribution is -0.141. The van der Waals surface area contributed by atoms with Gasteiger partial charge in [0.25, 0.3) is 5.91 Å². The van der Waals surface area contributed by atoms with Crippen LogP contribution >= 0.6 is 11.6 Å². The largest absolute Gasteiger partial charge is 0.433 e. The zero-order chi connectivity index (χ0) is 18.8. The van der Waals surface area contributed by atoms with Crippen molar-refractivity contribution in [3.8, 4) is 0 Å². The Hall–Kier alpha value is -2.13. The molecule has 0 saturated carbocycles. The molecule has 5 nitrogen and oxygen atoms in total. The minimum absolute atomic E-state index is 0.0421. The topological polar surface area (TPSA) is 76.1 Å². The van der Waals surface area contributed by atoms with Gasteiger partial charge in [0.15, 0.2) is 9.84 Å². The number of benzene rings is 1. The van der Waals surface area contributed by atoms with Crippen molar-refractivity contribution in [2.45, 2.75) is 18.0 Å². The zero-order valence-corrected chi connectivity index (χ0v) is 14.3. The first-order valence-electron chi connectivity index (χ1n) is 6.92. The summed E-state index contributed by atoms with van der Waals surface area (Å²) in [5, 5.41) is 2.14. The first-order valence-corrected chi connectivity index (χ1v) is 8.95. The van der Waals surface area contributed by atoms with Crippen LogP contribution in [-0.2, 0) is 16.0 Å². The van der Waals surface area contributed by atoms with E-state index >= 15 is 0 Å². The average molecular weight is 393 g/mol. The van der Waals surface area contributed by atoms with Crippen LogP contribution in [0.4, 0.5) is 19.0 Å². The summed E-state index contributed by atoms with van der Waals surface area (Å²) in [4.78, 5) is 15.5. The van der Waals surface area contributed by atoms with E-state index in [1.807, 2.05) is 0 Å². The van der Waals surface area contributed by atoms with Gasteiger partial charge in [-0.2, -0.15) is 13.2 Å². The summed E-state index contributed by atoms with van der Waals surface area (Å²) in [5.41, 5.74) is -1.35. The van der Waals surface area contributed by atoms with E-state index in [9.17, 15) is 26.4 Å². The summed E-state index contributed by atoms with van der Waals surface area (Å²) >= 11 is 5.90. The normalized spacial score (nSPS) is 12.0. The predicted octanol–water partition coefficient (Wildman–Crippen LogP) is 3.80. The SMILES string of the molecule is CCS(=O)(=O)c1ccc(Cl)c(C(=O)Nc2cccc(C(F)(F)F)n2)c1. The molecular weight excluding hydrogens is 381 g/mol. The van der Waals surface area contributed by atoms with Crippen molar-refractivity contribution in [3.63, 3.8) is 0 Å². The first kappa shape index (κ1) is 19.2. The molecule has 0 radical (unpaired) electrons. The van der Waals surface area contributed by atoms with E-state index < -0.39 is 27.6 Å². The van der Waals surface area contributed by atoms with Gasteiger partial charge < -0.3 is 5.32 Å². The fourth-order valence-corrected chi connectivity index (χ4v) is 2.99. The Morgan fingerprint density at radius 1 is 1.24 bits per heavy atom. The fraction of sp³-hybridized carbons (Fsp3) is 0.200. The second-order valence-corrected chi connectivity index (χ2v) is 7.59. The second-order valence-electron chi connectivity index (χ2n) is 4.91. The maximum Gasteiger partial charge on any atom is 0.433 e. The lowest BCUT2D eigenvalue weighted by Gasteiger charge is -2.10. The van der Waals surface area contributed by atoms with Crippen LogP contribution in [0.1, 0.15) is 23.0 Å².